The maximum Gasteiger partial charge on any atom is 0.269 e. The Morgan fingerprint density at radius 1 is 1.00 bits per heavy atom. The van der Waals surface area contributed by atoms with Crippen LogP contribution in [-0.4, -0.2) is 27.2 Å². The molecule has 0 amide bonds. The summed E-state index contributed by atoms with van der Waals surface area (Å²) in [4.78, 5) is 4.60. The summed E-state index contributed by atoms with van der Waals surface area (Å²) in [5.41, 5.74) is 3.83. The maximum atomic E-state index is 13.4. The van der Waals surface area contributed by atoms with Gasteiger partial charge in [0.2, 0.25) is 0 Å². The third kappa shape index (κ3) is 4.28. The highest BCUT2D eigenvalue weighted by molar-refractivity contribution is 9.10. The molecule has 0 aliphatic carbocycles. The molecule has 0 spiro atoms. The molecule has 5 aromatic rings. The molecule has 0 unspecified atom stereocenters. The van der Waals surface area contributed by atoms with E-state index in [1.54, 1.807) is 59.7 Å². The molecular formula is C25H20BrFN4O2S. The molecule has 9 heteroatoms. The molecule has 34 heavy (non-hydrogen) atoms. The lowest BCUT2D eigenvalue weighted by atomic mass is 10.1. The van der Waals surface area contributed by atoms with Crippen LogP contribution in [-0.2, 0) is 23.0 Å². The topological polar surface area (TPSA) is 69.8 Å². The van der Waals surface area contributed by atoms with Gasteiger partial charge in [0.15, 0.2) is 5.65 Å². The van der Waals surface area contributed by atoms with Crippen LogP contribution < -0.4 is 0 Å². The quantitative estimate of drug-likeness (QED) is 0.282. The van der Waals surface area contributed by atoms with Gasteiger partial charge in [0, 0.05) is 46.1 Å². The van der Waals surface area contributed by atoms with Crippen LogP contribution in [0.2, 0.25) is 0 Å². The number of halogens is 2. The van der Waals surface area contributed by atoms with E-state index >= 15 is 0 Å². The maximum absolute atomic E-state index is 13.4. The summed E-state index contributed by atoms with van der Waals surface area (Å²) in [6, 6.07) is 15.0. The Bertz CT molecular complexity index is 1590. The number of hydrogen-bond acceptors (Lipinski definition) is 4. The molecule has 0 aliphatic heterocycles. The van der Waals surface area contributed by atoms with Crippen LogP contribution in [0, 0.1) is 12.7 Å². The predicted octanol–water partition coefficient (Wildman–Crippen LogP) is 5.59. The average Bonchev–Trinajstić information content (AvgIpc) is 3.43. The first-order valence-corrected chi connectivity index (χ1v) is 12.8. The van der Waals surface area contributed by atoms with E-state index in [9.17, 15) is 12.8 Å². The Hall–Kier alpha value is -3.30. The van der Waals surface area contributed by atoms with Crippen molar-refractivity contribution in [3.05, 3.63) is 101 Å². The van der Waals surface area contributed by atoms with Crippen LogP contribution in [0.25, 0.3) is 22.2 Å². The molecule has 0 N–H and O–H groups in total. The number of fused-ring (bicyclic) bond motifs is 1. The van der Waals surface area contributed by atoms with Crippen molar-refractivity contribution in [1.29, 1.82) is 0 Å². The fraction of sp³-hybridized carbons (Fsp3) is 0.120. The van der Waals surface area contributed by atoms with E-state index in [1.165, 1.54) is 16.1 Å². The van der Waals surface area contributed by atoms with Crippen molar-refractivity contribution < 1.29 is 12.8 Å². The molecule has 0 aliphatic rings. The van der Waals surface area contributed by atoms with E-state index in [0.29, 0.717) is 29.6 Å². The van der Waals surface area contributed by atoms with E-state index in [1.807, 2.05) is 19.2 Å². The van der Waals surface area contributed by atoms with Crippen LogP contribution >= 0.6 is 15.9 Å². The summed E-state index contributed by atoms with van der Waals surface area (Å²) >= 11 is 3.44. The van der Waals surface area contributed by atoms with Crippen LogP contribution in [0.1, 0.15) is 11.1 Å². The van der Waals surface area contributed by atoms with E-state index in [4.69, 9.17) is 0 Å². The third-order valence-electron chi connectivity index (χ3n) is 5.64. The molecule has 0 fully saturated rings. The minimum Gasteiger partial charge on any atom is -0.272 e. The summed E-state index contributed by atoms with van der Waals surface area (Å²) < 4.78 is 43.8. The standard InChI is InChI=1S/C25H20BrFN4O2S/c1-17-2-8-22(9-3-17)34(32,33)31-16-24(23-12-20(26)14-28-25(23)31)19-13-29-30(15-19)11-10-18-4-6-21(27)7-5-18/h2-9,12-16H,10-11H2,1H3. The zero-order valence-electron chi connectivity index (χ0n) is 18.2. The smallest absolute Gasteiger partial charge is 0.269 e. The molecule has 172 valence electrons. The Kier molecular flexibility index (Phi) is 5.83. The van der Waals surface area contributed by atoms with Gasteiger partial charge in [-0.2, -0.15) is 5.10 Å². The van der Waals surface area contributed by atoms with Crippen LogP contribution in [0.15, 0.2) is 88.8 Å². The van der Waals surface area contributed by atoms with Gasteiger partial charge < -0.3 is 0 Å². The fourth-order valence-corrected chi connectivity index (χ4v) is 5.47. The zero-order chi connectivity index (χ0) is 23.9. The Morgan fingerprint density at radius 3 is 2.47 bits per heavy atom. The second kappa shape index (κ2) is 8.81. The van der Waals surface area contributed by atoms with Crippen molar-refractivity contribution in [2.45, 2.75) is 24.8 Å². The van der Waals surface area contributed by atoms with Gasteiger partial charge in [-0.1, -0.05) is 29.8 Å². The van der Waals surface area contributed by atoms with Crippen LogP contribution in [0.4, 0.5) is 4.39 Å². The van der Waals surface area contributed by atoms with Gasteiger partial charge in [0.25, 0.3) is 10.0 Å². The second-order valence-electron chi connectivity index (χ2n) is 8.05. The Morgan fingerprint density at radius 2 is 1.74 bits per heavy atom. The van der Waals surface area contributed by atoms with Gasteiger partial charge in [0.1, 0.15) is 5.82 Å². The molecule has 0 saturated carbocycles. The van der Waals surface area contributed by atoms with E-state index in [-0.39, 0.29) is 10.7 Å². The molecule has 3 heterocycles. The molecule has 0 bridgehead atoms. The minimum atomic E-state index is -3.84. The summed E-state index contributed by atoms with van der Waals surface area (Å²) in [5.74, 6) is -0.262. The first kappa shape index (κ1) is 22.5. The number of aromatic nitrogens is 4. The summed E-state index contributed by atoms with van der Waals surface area (Å²) in [6.45, 7) is 2.51. The Labute approximate surface area is 204 Å². The van der Waals surface area contributed by atoms with Gasteiger partial charge in [-0.3, -0.25) is 4.68 Å². The van der Waals surface area contributed by atoms with Crippen molar-refractivity contribution in [2.24, 2.45) is 0 Å². The number of hydrogen-bond donors (Lipinski definition) is 0. The summed E-state index contributed by atoms with van der Waals surface area (Å²) in [7, 11) is -3.84. The lowest BCUT2D eigenvalue weighted by Gasteiger charge is -2.07. The molecule has 3 aromatic heterocycles. The van der Waals surface area contributed by atoms with Crippen molar-refractivity contribution >= 4 is 37.0 Å². The minimum absolute atomic E-state index is 0.196. The molecule has 5 rings (SSSR count). The number of aryl methyl sites for hydroxylation is 3. The Balaban J connectivity index is 1.52. The normalized spacial score (nSPS) is 11.9. The predicted molar refractivity (Wildman–Crippen MR) is 133 cm³/mol. The van der Waals surface area contributed by atoms with Gasteiger partial charge in [0.05, 0.1) is 11.1 Å². The van der Waals surface area contributed by atoms with E-state index in [2.05, 4.69) is 26.0 Å². The van der Waals surface area contributed by atoms with Gasteiger partial charge in [-0.25, -0.2) is 21.8 Å². The van der Waals surface area contributed by atoms with Gasteiger partial charge in [-0.05, 0) is 65.2 Å². The van der Waals surface area contributed by atoms with E-state index in [0.717, 1.165) is 21.2 Å². The second-order valence-corrected chi connectivity index (χ2v) is 10.8. The highest BCUT2D eigenvalue weighted by Crippen LogP contribution is 2.33. The highest BCUT2D eigenvalue weighted by atomic mass is 79.9. The lowest BCUT2D eigenvalue weighted by molar-refractivity contribution is 0.588. The highest BCUT2D eigenvalue weighted by Gasteiger charge is 2.23. The van der Waals surface area contributed by atoms with Crippen LogP contribution in [0.3, 0.4) is 0 Å². The first-order valence-electron chi connectivity index (χ1n) is 10.6. The third-order valence-corrected chi connectivity index (χ3v) is 7.74. The number of rotatable bonds is 6. The van der Waals surface area contributed by atoms with Gasteiger partial charge in [-0.15, -0.1) is 0 Å². The molecule has 6 nitrogen and oxygen atoms in total. The van der Waals surface area contributed by atoms with Crippen molar-refractivity contribution in [2.75, 3.05) is 0 Å². The fourth-order valence-electron chi connectivity index (χ4n) is 3.81. The number of pyridine rings is 1. The lowest BCUT2D eigenvalue weighted by Crippen LogP contribution is -2.12. The summed E-state index contributed by atoms with van der Waals surface area (Å²) in [6.07, 6.45) is 7.46. The molecule has 0 radical (unpaired) electrons. The van der Waals surface area contributed by atoms with Crippen molar-refractivity contribution in [1.82, 2.24) is 18.7 Å². The first-order chi connectivity index (χ1) is 16.3. The number of nitrogens with zero attached hydrogens (tertiary/aromatic N) is 4. The monoisotopic (exact) mass is 538 g/mol. The summed E-state index contributed by atoms with van der Waals surface area (Å²) in [5, 5.41) is 5.14. The molecule has 2 aromatic carbocycles. The SMILES string of the molecule is Cc1ccc(S(=O)(=O)n2cc(-c3cnn(CCc4ccc(F)cc4)c3)c3cc(Br)cnc32)cc1. The average molecular weight is 539 g/mol. The van der Waals surface area contributed by atoms with E-state index < -0.39 is 10.0 Å². The molecule has 0 saturated heterocycles. The number of benzene rings is 2. The van der Waals surface area contributed by atoms with Gasteiger partial charge >= 0.3 is 0 Å². The van der Waals surface area contributed by atoms with Crippen LogP contribution in [0.5, 0.6) is 0 Å². The molecule has 0 atom stereocenters. The zero-order valence-corrected chi connectivity index (χ0v) is 20.6. The molecular weight excluding hydrogens is 519 g/mol. The van der Waals surface area contributed by atoms with Crippen molar-refractivity contribution in [3.63, 3.8) is 0 Å². The van der Waals surface area contributed by atoms with Crippen molar-refractivity contribution in [3.8, 4) is 11.1 Å². The largest absolute Gasteiger partial charge is 0.272 e.